The Morgan fingerprint density at radius 1 is 0.833 bits per heavy atom. The van der Waals surface area contributed by atoms with E-state index in [4.69, 9.17) is 11.6 Å². The van der Waals surface area contributed by atoms with E-state index < -0.39 is 0 Å². The maximum atomic E-state index is 12.9. The van der Waals surface area contributed by atoms with Gasteiger partial charge in [-0.05, 0) is 48.4 Å². The van der Waals surface area contributed by atoms with E-state index in [0.29, 0.717) is 39.3 Å². The quantitative estimate of drug-likeness (QED) is 0.178. The van der Waals surface area contributed by atoms with Crippen molar-refractivity contribution in [2.75, 3.05) is 17.6 Å². The first kappa shape index (κ1) is 25.9. The van der Waals surface area contributed by atoms with Crippen LogP contribution in [0.2, 0.25) is 5.02 Å². The fraction of sp³-hybridized carbons (Fsp3) is 0.185. The topological polar surface area (TPSA) is 84.0 Å². The number of anilines is 1. The van der Waals surface area contributed by atoms with Crippen LogP contribution in [0.4, 0.5) is 5.13 Å². The number of thioether (sulfide) groups is 1. The highest BCUT2D eigenvalue weighted by atomic mass is 35.5. The summed E-state index contributed by atoms with van der Waals surface area (Å²) >= 11 is 9.04. The van der Waals surface area contributed by atoms with Gasteiger partial charge in [0.1, 0.15) is 5.01 Å². The van der Waals surface area contributed by atoms with Gasteiger partial charge in [-0.2, -0.15) is 0 Å². The minimum absolute atomic E-state index is 0.212. The van der Waals surface area contributed by atoms with Gasteiger partial charge in [0, 0.05) is 17.9 Å². The molecule has 3 aromatic carbocycles. The van der Waals surface area contributed by atoms with Crippen LogP contribution in [0.15, 0.2) is 83.8 Å². The Balaban J connectivity index is 1.26. The van der Waals surface area contributed by atoms with E-state index in [2.05, 4.69) is 45.1 Å². The SMILES string of the molecule is O=C(NCCc1nnc(NC(=O)c2ccccc2SCCCc2ccccc2)s1)c1ccccc1Cl. The van der Waals surface area contributed by atoms with E-state index in [1.807, 2.05) is 30.3 Å². The molecule has 0 aliphatic rings. The molecule has 2 amide bonds. The average molecular weight is 537 g/mol. The maximum Gasteiger partial charge on any atom is 0.258 e. The van der Waals surface area contributed by atoms with Crippen LogP contribution in [0, 0.1) is 0 Å². The highest BCUT2D eigenvalue weighted by Gasteiger charge is 2.15. The van der Waals surface area contributed by atoms with Crippen molar-refractivity contribution in [3.05, 3.63) is 106 Å². The van der Waals surface area contributed by atoms with Gasteiger partial charge in [0.2, 0.25) is 5.13 Å². The van der Waals surface area contributed by atoms with Crippen molar-refractivity contribution < 1.29 is 9.59 Å². The molecule has 0 bridgehead atoms. The average Bonchev–Trinajstić information content (AvgIpc) is 3.34. The lowest BCUT2D eigenvalue weighted by Crippen LogP contribution is -2.25. The Kier molecular flexibility index (Phi) is 9.49. The van der Waals surface area contributed by atoms with Crippen LogP contribution in [0.25, 0.3) is 0 Å². The van der Waals surface area contributed by atoms with Gasteiger partial charge < -0.3 is 5.32 Å². The van der Waals surface area contributed by atoms with Crippen molar-refractivity contribution in [2.24, 2.45) is 0 Å². The smallest absolute Gasteiger partial charge is 0.258 e. The zero-order chi connectivity index (χ0) is 25.2. The van der Waals surface area contributed by atoms with Gasteiger partial charge in [-0.15, -0.1) is 22.0 Å². The Morgan fingerprint density at radius 2 is 1.56 bits per heavy atom. The highest BCUT2D eigenvalue weighted by molar-refractivity contribution is 7.99. The van der Waals surface area contributed by atoms with Crippen LogP contribution in [-0.2, 0) is 12.8 Å². The number of nitrogens with zero attached hydrogens (tertiary/aromatic N) is 2. The second-order valence-electron chi connectivity index (χ2n) is 7.87. The predicted octanol–water partition coefficient (Wildman–Crippen LogP) is 6.14. The summed E-state index contributed by atoms with van der Waals surface area (Å²) in [5.41, 5.74) is 2.37. The lowest BCUT2D eigenvalue weighted by Gasteiger charge is -2.08. The number of carbonyl (C=O) groups excluding carboxylic acids is 2. The molecule has 0 radical (unpaired) electrons. The maximum absolute atomic E-state index is 12.9. The van der Waals surface area contributed by atoms with E-state index in [-0.39, 0.29) is 11.8 Å². The first-order chi connectivity index (χ1) is 17.6. The monoisotopic (exact) mass is 536 g/mol. The Hall–Kier alpha value is -3.20. The van der Waals surface area contributed by atoms with E-state index in [9.17, 15) is 9.59 Å². The number of hydrogen-bond donors (Lipinski definition) is 2. The molecule has 0 spiro atoms. The van der Waals surface area contributed by atoms with Crippen LogP contribution in [0.3, 0.4) is 0 Å². The first-order valence-corrected chi connectivity index (χ1v) is 13.7. The number of aryl methyl sites for hydroxylation is 1. The van der Waals surface area contributed by atoms with Crippen molar-refractivity contribution in [3.8, 4) is 0 Å². The summed E-state index contributed by atoms with van der Waals surface area (Å²) in [4.78, 5) is 26.1. The molecule has 0 unspecified atom stereocenters. The first-order valence-electron chi connectivity index (χ1n) is 11.5. The third-order valence-electron chi connectivity index (χ3n) is 5.27. The van der Waals surface area contributed by atoms with Crippen LogP contribution in [0.1, 0.15) is 37.7 Å². The summed E-state index contributed by atoms with van der Waals surface area (Å²) in [7, 11) is 0. The van der Waals surface area contributed by atoms with Gasteiger partial charge >= 0.3 is 0 Å². The molecule has 36 heavy (non-hydrogen) atoms. The van der Waals surface area contributed by atoms with Crippen molar-refractivity contribution in [1.29, 1.82) is 0 Å². The van der Waals surface area contributed by atoms with Gasteiger partial charge in [0.05, 0.1) is 16.1 Å². The normalized spacial score (nSPS) is 10.7. The lowest BCUT2D eigenvalue weighted by molar-refractivity contribution is 0.0953. The third-order valence-corrected chi connectivity index (χ3v) is 7.66. The highest BCUT2D eigenvalue weighted by Crippen LogP contribution is 2.25. The van der Waals surface area contributed by atoms with E-state index in [0.717, 1.165) is 23.5 Å². The van der Waals surface area contributed by atoms with Gasteiger partial charge in [-0.25, -0.2) is 0 Å². The summed E-state index contributed by atoms with van der Waals surface area (Å²) in [5.74, 6) is 0.467. The van der Waals surface area contributed by atoms with Crippen molar-refractivity contribution in [1.82, 2.24) is 15.5 Å². The van der Waals surface area contributed by atoms with Crippen molar-refractivity contribution in [3.63, 3.8) is 0 Å². The number of amides is 2. The predicted molar refractivity (Wildman–Crippen MR) is 147 cm³/mol. The number of halogens is 1. The number of nitrogens with one attached hydrogen (secondary N) is 2. The minimum atomic E-state index is -0.239. The Bertz CT molecular complexity index is 1310. The van der Waals surface area contributed by atoms with E-state index >= 15 is 0 Å². The molecular weight excluding hydrogens is 512 g/mol. The lowest BCUT2D eigenvalue weighted by atomic mass is 10.1. The van der Waals surface area contributed by atoms with Crippen LogP contribution in [-0.4, -0.2) is 34.3 Å². The molecule has 2 N–H and O–H groups in total. The number of carbonyl (C=O) groups is 2. The molecular formula is C27H25ClN4O2S2. The van der Waals surface area contributed by atoms with Crippen molar-refractivity contribution >= 4 is 51.6 Å². The van der Waals surface area contributed by atoms with Gasteiger partial charge in [0.25, 0.3) is 11.8 Å². The second kappa shape index (κ2) is 13.2. The van der Waals surface area contributed by atoms with Crippen molar-refractivity contribution in [2.45, 2.75) is 24.2 Å². The molecule has 6 nitrogen and oxygen atoms in total. The second-order valence-corrected chi connectivity index (χ2v) is 10.5. The summed E-state index contributed by atoms with van der Waals surface area (Å²) in [5, 5.41) is 15.5. The number of aromatic nitrogens is 2. The van der Waals surface area contributed by atoms with Crippen LogP contribution in [0.5, 0.6) is 0 Å². The Morgan fingerprint density at radius 3 is 2.36 bits per heavy atom. The fourth-order valence-corrected chi connectivity index (χ4v) is 5.43. The molecule has 4 aromatic rings. The standard InChI is InChI=1S/C27H25ClN4O2S2/c28-22-14-6-4-12-20(22)25(33)29-17-16-24-31-32-27(36-24)30-26(34)21-13-5-7-15-23(21)35-18-8-11-19-9-2-1-3-10-19/h1-7,9-10,12-15H,8,11,16-18H2,(H,29,33)(H,30,32,34). The zero-order valence-corrected chi connectivity index (χ0v) is 21.8. The molecule has 9 heteroatoms. The van der Waals surface area contributed by atoms with Gasteiger partial charge in [-0.1, -0.05) is 77.5 Å². The molecule has 0 aliphatic carbocycles. The van der Waals surface area contributed by atoms with Gasteiger partial charge in [0.15, 0.2) is 0 Å². The molecule has 1 aromatic heterocycles. The van der Waals surface area contributed by atoms with E-state index in [1.54, 1.807) is 36.0 Å². The molecule has 184 valence electrons. The third kappa shape index (κ3) is 7.40. The number of hydrogen-bond acceptors (Lipinski definition) is 6. The summed E-state index contributed by atoms with van der Waals surface area (Å²) < 4.78 is 0. The molecule has 0 atom stereocenters. The summed E-state index contributed by atoms with van der Waals surface area (Å²) in [6, 6.07) is 24.9. The van der Waals surface area contributed by atoms with Crippen LogP contribution < -0.4 is 10.6 Å². The minimum Gasteiger partial charge on any atom is -0.352 e. The summed E-state index contributed by atoms with van der Waals surface area (Å²) in [6.45, 7) is 0.384. The summed E-state index contributed by atoms with van der Waals surface area (Å²) in [6.07, 6.45) is 2.53. The number of rotatable bonds is 11. The van der Waals surface area contributed by atoms with E-state index in [1.165, 1.54) is 16.9 Å². The fourth-order valence-electron chi connectivity index (χ4n) is 3.48. The molecule has 0 saturated heterocycles. The molecule has 4 rings (SSSR count). The zero-order valence-electron chi connectivity index (χ0n) is 19.4. The van der Waals surface area contributed by atoms with Gasteiger partial charge in [-0.3, -0.25) is 14.9 Å². The molecule has 0 fully saturated rings. The Labute approximate surface area is 223 Å². The molecule has 0 saturated carbocycles. The molecule has 0 aliphatic heterocycles. The van der Waals surface area contributed by atoms with Crippen LogP contribution >= 0.6 is 34.7 Å². The largest absolute Gasteiger partial charge is 0.352 e. The molecule has 1 heterocycles. The number of benzene rings is 3.